The summed E-state index contributed by atoms with van der Waals surface area (Å²) in [6.07, 6.45) is 1.49. The Morgan fingerprint density at radius 3 is 2.50 bits per heavy atom. The average Bonchev–Trinajstić information content (AvgIpc) is 3.14. The minimum atomic E-state index is -0.450. The maximum atomic E-state index is 12.4. The quantitative estimate of drug-likeness (QED) is 0.402. The van der Waals surface area contributed by atoms with Gasteiger partial charge in [0.15, 0.2) is 10.8 Å². The second-order valence-corrected chi connectivity index (χ2v) is 7.45. The first-order valence-electron chi connectivity index (χ1n) is 8.68. The summed E-state index contributed by atoms with van der Waals surface area (Å²) in [5, 5.41) is 7.45. The number of amides is 1. The van der Waals surface area contributed by atoms with Crippen molar-refractivity contribution in [2.75, 3.05) is 5.32 Å². The Morgan fingerprint density at radius 1 is 1.11 bits per heavy atom. The molecule has 2 N–H and O–H groups in total. The topological polar surface area (TPSA) is 92.7 Å². The fraction of sp³-hybridized carbons (Fsp3) is 0.100. The van der Waals surface area contributed by atoms with Crippen molar-refractivity contribution in [3.05, 3.63) is 77.2 Å². The molecule has 0 aliphatic rings. The molecule has 0 radical (unpaired) electrons. The van der Waals surface area contributed by atoms with Crippen molar-refractivity contribution in [1.29, 1.82) is 0 Å². The van der Waals surface area contributed by atoms with Gasteiger partial charge in [-0.1, -0.05) is 48.2 Å². The van der Waals surface area contributed by atoms with E-state index in [1.165, 1.54) is 18.0 Å². The zero-order valence-electron chi connectivity index (χ0n) is 15.0. The number of para-hydroxylation sites is 2. The lowest BCUT2D eigenvalue weighted by atomic mass is 10.3. The highest BCUT2D eigenvalue weighted by molar-refractivity contribution is 8.00. The average molecular weight is 391 g/mol. The van der Waals surface area contributed by atoms with Gasteiger partial charge in [0, 0.05) is 5.69 Å². The Kier molecular flexibility index (Phi) is 4.94. The number of hydrogen-bond donors (Lipinski definition) is 2. The van der Waals surface area contributed by atoms with Crippen molar-refractivity contribution in [1.82, 2.24) is 19.7 Å². The van der Waals surface area contributed by atoms with E-state index in [9.17, 15) is 9.59 Å². The number of thioether (sulfide) groups is 1. The van der Waals surface area contributed by atoms with Crippen LogP contribution in [-0.4, -0.2) is 30.9 Å². The Labute approximate surface area is 164 Å². The smallest absolute Gasteiger partial charge is 0.262 e. The van der Waals surface area contributed by atoms with Gasteiger partial charge < -0.3 is 10.3 Å². The molecular weight excluding hydrogens is 374 g/mol. The van der Waals surface area contributed by atoms with Crippen LogP contribution in [-0.2, 0) is 4.79 Å². The van der Waals surface area contributed by atoms with E-state index in [0.29, 0.717) is 16.2 Å². The minimum Gasteiger partial charge on any atom is -0.325 e. The van der Waals surface area contributed by atoms with Gasteiger partial charge in [-0.2, -0.15) is 5.10 Å². The van der Waals surface area contributed by atoms with Gasteiger partial charge in [0.25, 0.3) is 5.56 Å². The number of nitrogens with one attached hydrogen (secondary N) is 2. The first kappa shape index (κ1) is 18.0. The molecule has 28 heavy (non-hydrogen) atoms. The summed E-state index contributed by atoms with van der Waals surface area (Å²) >= 11 is 1.19. The molecular formula is C20H17N5O2S. The Bertz CT molecular complexity index is 1170. The van der Waals surface area contributed by atoms with E-state index in [-0.39, 0.29) is 11.5 Å². The van der Waals surface area contributed by atoms with Gasteiger partial charge in [-0.25, -0.2) is 9.67 Å². The van der Waals surface area contributed by atoms with Crippen molar-refractivity contribution in [3.63, 3.8) is 0 Å². The summed E-state index contributed by atoms with van der Waals surface area (Å²) in [7, 11) is 0. The van der Waals surface area contributed by atoms with Crippen LogP contribution in [0.4, 0.5) is 5.69 Å². The third kappa shape index (κ3) is 3.67. The summed E-state index contributed by atoms with van der Waals surface area (Å²) in [6.45, 7) is 1.77. The van der Waals surface area contributed by atoms with Crippen LogP contribution in [0.5, 0.6) is 0 Å². The molecule has 2 heterocycles. The highest BCUT2D eigenvalue weighted by Gasteiger charge is 2.18. The molecule has 1 atom stereocenters. The van der Waals surface area contributed by atoms with Crippen LogP contribution in [0.2, 0.25) is 0 Å². The predicted octanol–water partition coefficient (Wildman–Crippen LogP) is 3.23. The number of hydrogen-bond acceptors (Lipinski definition) is 5. The summed E-state index contributed by atoms with van der Waals surface area (Å²) in [5.41, 5.74) is 1.69. The zero-order chi connectivity index (χ0) is 19.5. The van der Waals surface area contributed by atoms with Gasteiger partial charge in [0.05, 0.1) is 17.1 Å². The van der Waals surface area contributed by atoms with Crippen molar-refractivity contribution >= 4 is 34.4 Å². The van der Waals surface area contributed by atoms with Crippen LogP contribution in [0.3, 0.4) is 0 Å². The maximum Gasteiger partial charge on any atom is 0.262 e. The fourth-order valence-corrected chi connectivity index (χ4v) is 3.49. The molecule has 2 aromatic carbocycles. The summed E-state index contributed by atoms with van der Waals surface area (Å²) < 4.78 is 1.61. The fourth-order valence-electron chi connectivity index (χ4n) is 2.70. The van der Waals surface area contributed by atoms with Crippen LogP contribution in [0, 0.1) is 0 Å². The predicted molar refractivity (Wildman–Crippen MR) is 110 cm³/mol. The van der Waals surface area contributed by atoms with Gasteiger partial charge >= 0.3 is 0 Å². The summed E-state index contributed by atoms with van der Waals surface area (Å²) in [5.74, 6) is -0.171. The number of carbonyl (C=O) groups excluding carboxylic acids is 1. The zero-order valence-corrected chi connectivity index (χ0v) is 15.8. The number of carbonyl (C=O) groups is 1. The molecule has 0 fully saturated rings. The number of H-pyrrole nitrogens is 1. The highest BCUT2D eigenvalue weighted by Crippen LogP contribution is 2.22. The molecule has 0 aliphatic heterocycles. The van der Waals surface area contributed by atoms with Crippen LogP contribution in [0.25, 0.3) is 16.7 Å². The lowest BCUT2D eigenvalue weighted by Crippen LogP contribution is -2.23. The van der Waals surface area contributed by atoms with Crippen LogP contribution in [0.1, 0.15) is 6.92 Å². The van der Waals surface area contributed by atoms with Crippen LogP contribution < -0.4 is 10.9 Å². The van der Waals surface area contributed by atoms with Gasteiger partial charge in [-0.05, 0) is 31.2 Å². The lowest BCUT2D eigenvalue weighted by Gasteiger charge is -2.11. The molecule has 0 saturated carbocycles. The van der Waals surface area contributed by atoms with E-state index >= 15 is 0 Å². The van der Waals surface area contributed by atoms with E-state index in [1.807, 2.05) is 60.7 Å². The largest absolute Gasteiger partial charge is 0.325 e. The van der Waals surface area contributed by atoms with E-state index in [1.54, 1.807) is 11.6 Å². The highest BCUT2D eigenvalue weighted by atomic mass is 32.2. The van der Waals surface area contributed by atoms with Crippen molar-refractivity contribution < 1.29 is 4.79 Å². The number of benzene rings is 2. The lowest BCUT2D eigenvalue weighted by molar-refractivity contribution is -0.115. The molecule has 2 aromatic heterocycles. The van der Waals surface area contributed by atoms with Gasteiger partial charge in [-0.3, -0.25) is 9.59 Å². The third-order valence-electron chi connectivity index (χ3n) is 4.12. The summed E-state index contributed by atoms with van der Waals surface area (Å²) in [6, 6.07) is 18.7. The number of aromatic nitrogens is 4. The van der Waals surface area contributed by atoms with Gasteiger partial charge in [0.2, 0.25) is 5.91 Å². The number of nitrogens with zero attached hydrogens (tertiary/aromatic N) is 3. The van der Waals surface area contributed by atoms with Gasteiger partial charge in [0.1, 0.15) is 5.39 Å². The SMILES string of the molecule is C[C@H](Sc1nc2c(cnn2-c2ccccc2)c(=O)[nH]1)C(=O)Nc1ccccc1. The van der Waals surface area contributed by atoms with Crippen molar-refractivity contribution in [2.24, 2.45) is 0 Å². The molecule has 7 nitrogen and oxygen atoms in total. The van der Waals surface area contributed by atoms with E-state index in [0.717, 1.165) is 11.4 Å². The van der Waals surface area contributed by atoms with E-state index in [2.05, 4.69) is 20.4 Å². The third-order valence-corrected chi connectivity index (χ3v) is 5.10. The molecule has 1 amide bonds. The molecule has 140 valence electrons. The molecule has 0 bridgehead atoms. The van der Waals surface area contributed by atoms with Crippen molar-refractivity contribution in [3.8, 4) is 5.69 Å². The molecule has 4 aromatic rings. The first-order valence-corrected chi connectivity index (χ1v) is 9.56. The number of fused-ring (bicyclic) bond motifs is 1. The van der Waals surface area contributed by atoms with Crippen molar-refractivity contribution in [2.45, 2.75) is 17.3 Å². The molecule has 4 rings (SSSR count). The second-order valence-electron chi connectivity index (χ2n) is 6.12. The Balaban J connectivity index is 1.60. The first-order chi connectivity index (χ1) is 13.6. The number of aromatic amines is 1. The molecule has 0 aliphatic carbocycles. The van der Waals surface area contributed by atoms with E-state index < -0.39 is 5.25 Å². The van der Waals surface area contributed by atoms with Crippen LogP contribution >= 0.6 is 11.8 Å². The number of anilines is 1. The normalized spacial score (nSPS) is 12.0. The Morgan fingerprint density at radius 2 is 1.79 bits per heavy atom. The standard InChI is InChI=1S/C20H17N5O2S/c1-13(18(26)22-14-8-4-2-5-9-14)28-20-23-17-16(19(27)24-20)12-21-25(17)15-10-6-3-7-11-15/h2-13H,1H3,(H,22,26)(H,23,24,27)/t13-/m0/s1. The number of rotatable bonds is 5. The summed E-state index contributed by atoms with van der Waals surface area (Å²) in [4.78, 5) is 32.1. The van der Waals surface area contributed by atoms with Gasteiger partial charge in [-0.15, -0.1) is 0 Å². The molecule has 0 saturated heterocycles. The van der Waals surface area contributed by atoms with Crippen LogP contribution in [0.15, 0.2) is 76.8 Å². The maximum absolute atomic E-state index is 12.4. The molecule has 0 spiro atoms. The molecule has 0 unspecified atom stereocenters. The second kappa shape index (κ2) is 7.69. The minimum absolute atomic E-state index is 0.171. The monoisotopic (exact) mass is 391 g/mol. The molecule has 8 heteroatoms. The Hall–Kier alpha value is -3.39. The van der Waals surface area contributed by atoms with E-state index in [4.69, 9.17) is 0 Å².